The molecule has 0 aliphatic carbocycles. The van der Waals surface area contributed by atoms with Gasteiger partial charge in [-0.1, -0.05) is 16.8 Å². The van der Waals surface area contributed by atoms with E-state index in [0.717, 1.165) is 4.88 Å². The second kappa shape index (κ2) is 12.5. The minimum Gasteiger partial charge on any atom is -0.496 e. The first-order valence-corrected chi connectivity index (χ1v) is 13.9. The molecule has 3 N–H and O–H groups in total. The number of nitriles is 2. The first kappa shape index (κ1) is 29.1. The molecule has 4 heterocycles. The Kier molecular flexibility index (Phi) is 9.13. The van der Waals surface area contributed by atoms with E-state index in [9.17, 15) is 20.4 Å². The minimum absolute atomic E-state index is 0.0235. The topological polar surface area (TPSA) is 154 Å². The second-order valence-corrected chi connectivity index (χ2v) is 11.3. The van der Waals surface area contributed by atoms with E-state index in [2.05, 4.69) is 23.9 Å². The molecule has 40 heavy (non-hydrogen) atoms. The number of thiophene rings is 1. The van der Waals surface area contributed by atoms with Crippen LogP contribution in [0.15, 0.2) is 34.9 Å². The van der Waals surface area contributed by atoms with Gasteiger partial charge in [-0.2, -0.15) is 10.5 Å². The van der Waals surface area contributed by atoms with Gasteiger partial charge in [-0.05, 0) is 64.0 Å². The lowest BCUT2D eigenvalue weighted by Gasteiger charge is -2.32. The van der Waals surface area contributed by atoms with E-state index in [-0.39, 0.29) is 34.3 Å². The van der Waals surface area contributed by atoms with E-state index in [0.29, 0.717) is 33.6 Å². The van der Waals surface area contributed by atoms with Crippen LogP contribution in [0.1, 0.15) is 54.0 Å². The Morgan fingerprint density at radius 1 is 1.27 bits per heavy atom. The third-order valence-electron chi connectivity index (χ3n) is 6.82. The zero-order chi connectivity index (χ0) is 29.0. The number of hydrogen-bond donors (Lipinski definition) is 2. The van der Waals surface area contributed by atoms with Crippen LogP contribution < -0.4 is 10.5 Å². The van der Waals surface area contributed by atoms with Crippen LogP contribution in [0.25, 0.3) is 21.5 Å². The van der Waals surface area contributed by atoms with Crippen molar-refractivity contribution in [2.45, 2.75) is 45.3 Å². The molecule has 1 aliphatic heterocycles. The molecule has 0 radical (unpaired) electrons. The van der Waals surface area contributed by atoms with Crippen LogP contribution >= 0.6 is 22.9 Å². The maximum Gasteiger partial charge on any atom is 0.353 e. The Hall–Kier alpha value is -3.87. The number of carboxylic acid groups (broad SMARTS) is 1. The van der Waals surface area contributed by atoms with Crippen molar-refractivity contribution in [3.8, 4) is 28.5 Å². The molecule has 0 unspecified atom stereocenters. The fourth-order valence-electron chi connectivity index (χ4n) is 4.76. The number of fused-ring (bicyclic) bond motifs is 1. The number of halogens is 1. The van der Waals surface area contributed by atoms with E-state index < -0.39 is 5.97 Å². The fraction of sp³-hybridized carbons (Fsp3) is 0.357. The number of aromatic nitrogens is 2. The van der Waals surface area contributed by atoms with Gasteiger partial charge in [0.05, 0.1) is 44.9 Å². The first-order chi connectivity index (χ1) is 19.2. The Labute approximate surface area is 240 Å². The maximum atomic E-state index is 12.0. The van der Waals surface area contributed by atoms with E-state index in [4.69, 9.17) is 26.6 Å². The highest BCUT2D eigenvalue weighted by molar-refractivity contribution is 7.19. The number of rotatable bonds is 6. The van der Waals surface area contributed by atoms with Crippen LogP contribution in [0.4, 0.5) is 0 Å². The summed E-state index contributed by atoms with van der Waals surface area (Å²) in [7, 11) is 1.41. The Balaban J connectivity index is 0.000000312. The lowest BCUT2D eigenvalue weighted by Crippen LogP contribution is -2.42. The predicted molar refractivity (Wildman–Crippen MR) is 153 cm³/mol. The molecule has 4 aromatic rings. The largest absolute Gasteiger partial charge is 0.496 e. The third-order valence-corrected chi connectivity index (χ3v) is 8.07. The number of likely N-dealkylation sites (tertiary alicyclic amines) is 1. The summed E-state index contributed by atoms with van der Waals surface area (Å²) in [4.78, 5) is 15.3. The Bertz CT molecular complexity index is 1600. The van der Waals surface area contributed by atoms with Crippen LogP contribution in [0, 0.1) is 22.7 Å². The molecule has 0 amide bonds. The summed E-state index contributed by atoms with van der Waals surface area (Å²) in [5, 5.41) is 33.4. The van der Waals surface area contributed by atoms with Crippen molar-refractivity contribution < 1.29 is 19.2 Å². The summed E-state index contributed by atoms with van der Waals surface area (Å²) >= 11 is 7.28. The maximum absolute atomic E-state index is 12.0. The van der Waals surface area contributed by atoms with Gasteiger partial charge in [0.25, 0.3) is 0 Å². The highest BCUT2D eigenvalue weighted by atomic mass is 35.5. The van der Waals surface area contributed by atoms with Gasteiger partial charge in [-0.3, -0.25) is 0 Å². The minimum atomic E-state index is -1.30. The molecule has 1 saturated heterocycles. The molecule has 10 nitrogen and oxygen atoms in total. The number of nitrogens with zero attached hydrogens (tertiary/aromatic N) is 5. The molecule has 1 aliphatic rings. The van der Waals surface area contributed by atoms with E-state index in [1.54, 1.807) is 18.2 Å². The molecule has 5 rings (SSSR count). The molecule has 208 valence electrons. The van der Waals surface area contributed by atoms with E-state index >= 15 is 0 Å². The number of carbonyl (C=O) groups is 1. The van der Waals surface area contributed by atoms with Gasteiger partial charge in [0.1, 0.15) is 29.3 Å². The van der Waals surface area contributed by atoms with E-state index in [1.807, 2.05) is 12.1 Å². The predicted octanol–water partition coefficient (Wildman–Crippen LogP) is 5.33. The molecule has 0 bridgehead atoms. The third kappa shape index (κ3) is 5.98. The van der Waals surface area contributed by atoms with Crippen LogP contribution in [0.2, 0.25) is 4.34 Å². The number of carboxylic acids is 1. The second-order valence-electron chi connectivity index (χ2n) is 9.63. The van der Waals surface area contributed by atoms with Gasteiger partial charge in [0, 0.05) is 18.2 Å². The monoisotopic (exact) mass is 580 g/mol. The summed E-state index contributed by atoms with van der Waals surface area (Å²) in [6, 6.07) is 13.4. The molecule has 0 saturated carbocycles. The summed E-state index contributed by atoms with van der Waals surface area (Å²) in [5.74, 6) is -0.521. The van der Waals surface area contributed by atoms with Crippen molar-refractivity contribution in [2.24, 2.45) is 5.73 Å². The lowest BCUT2D eigenvalue weighted by atomic mass is 10.1. The van der Waals surface area contributed by atoms with Gasteiger partial charge in [0.15, 0.2) is 5.76 Å². The van der Waals surface area contributed by atoms with Gasteiger partial charge in [0.2, 0.25) is 0 Å². The number of aromatic carboxylic acids is 1. The molecule has 1 fully saturated rings. The van der Waals surface area contributed by atoms with Crippen LogP contribution in [-0.2, 0) is 6.54 Å². The summed E-state index contributed by atoms with van der Waals surface area (Å²) in [6.07, 6.45) is 2.36. The molecule has 1 aromatic carbocycles. The van der Waals surface area contributed by atoms with Crippen molar-refractivity contribution in [3.05, 3.63) is 57.2 Å². The lowest BCUT2D eigenvalue weighted by molar-refractivity contribution is 0.0685. The van der Waals surface area contributed by atoms with Crippen molar-refractivity contribution in [2.75, 3.05) is 20.2 Å². The average Bonchev–Trinajstić information content (AvgIpc) is 3.66. The van der Waals surface area contributed by atoms with Crippen LogP contribution in [0.3, 0.4) is 0 Å². The Morgan fingerprint density at radius 3 is 2.55 bits per heavy atom. The number of hydrogen-bond acceptors (Lipinski definition) is 9. The number of methoxy groups -OCH3 is 1. The van der Waals surface area contributed by atoms with Gasteiger partial charge in [-0.15, -0.1) is 11.3 Å². The van der Waals surface area contributed by atoms with Gasteiger partial charge in [-0.25, -0.2) is 4.79 Å². The molecule has 12 heteroatoms. The van der Waals surface area contributed by atoms with Crippen molar-refractivity contribution >= 4 is 39.8 Å². The number of piperidine rings is 1. The molecule has 0 spiro atoms. The molecular weight excluding hydrogens is 552 g/mol. The van der Waals surface area contributed by atoms with Crippen molar-refractivity contribution in [3.63, 3.8) is 0 Å². The average molecular weight is 581 g/mol. The highest BCUT2D eigenvalue weighted by Gasteiger charge is 2.28. The van der Waals surface area contributed by atoms with Gasteiger partial charge >= 0.3 is 5.97 Å². The molecular formula is C28H29ClN6O4S. The smallest absolute Gasteiger partial charge is 0.353 e. The number of nitrogens with two attached hydrogens (primary N) is 1. The molecule has 3 aromatic heterocycles. The summed E-state index contributed by atoms with van der Waals surface area (Å²) in [6.45, 7) is 6.86. The molecule has 0 atom stereocenters. The fourth-order valence-corrected chi connectivity index (χ4v) is 5.75. The van der Waals surface area contributed by atoms with Crippen molar-refractivity contribution in [1.82, 2.24) is 14.6 Å². The first-order valence-electron chi connectivity index (χ1n) is 12.7. The Morgan fingerprint density at radius 2 is 2.00 bits per heavy atom. The zero-order valence-electron chi connectivity index (χ0n) is 22.3. The quantitative estimate of drug-likeness (QED) is 0.308. The summed E-state index contributed by atoms with van der Waals surface area (Å²) < 4.78 is 12.7. The van der Waals surface area contributed by atoms with Crippen LogP contribution in [0.5, 0.6) is 5.75 Å². The van der Waals surface area contributed by atoms with E-state index in [1.165, 1.54) is 61.1 Å². The van der Waals surface area contributed by atoms with Crippen molar-refractivity contribution in [1.29, 1.82) is 10.5 Å². The SMILES string of the molecule is CC(C)N1CCC(N)CC1.COc1ccc(C#N)c2c1c(C#N)c(C(=O)O)n2Cc1cc(-c2ccc(Cl)s2)on1. The highest BCUT2D eigenvalue weighted by Crippen LogP contribution is 2.37. The van der Waals surface area contributed by atoms with Gasteiger partial charge < -0.3 is 29.6 Å². The standard InChI is InChI=1S/C20H11ClN4O4S.C8H18N2/c1-28-13-3-2-10(7-22)18-17(13)12(8-23)19(20(26)27)25(18)9-11-6-14(29-24-11)15-4-5-16(21)30-15;1-7(2)10-5-3-8(9)4-6-10/h2-6H,9H2,1H3,(H,26,27);7-8H,3-6,9H2,1-2H3. The summed E-state index contributed by atoms with van der Waals surface area (Å²) in [5.41, 5.74) is 6.35. The zero-order valence-corrected chi connectivity index (χ0v) is 23.9. The normalized spacial score (nSPS) is 14.0. The number of ether oxygens (including phenoxy) is 1. The van der Waals surface area contributed by atoms with Crippen LogP contribution in [-0.4, -0.2) is 58.0 Å². The number of benzene rings is 1.